The fourth-order valence-electron chi connectivity index (χ4n) is 6.48. The minimum absolute atomic E-state index is 0.136. The van der Waals surface area contributed by atoms with Gasteiger partial charge in [0.05, 0.1) is 18.4 Å². The van der Waals surface area contributed by atoms with Crippen molar-refractivity contribution in [2.24, 2.45) is 17.8 Å². The van der Waals surface area contributed by atoms with Crippen LogP contribution in [0.3, 0.4) is 0 Å². The van der Waals surface area contributed by atoms with Gasteiger partial charge in [0.15, 0.2) is 0 Å². The summed E-state index contributed by atoms with van der Waals surface area (Å²) in [6.07, 6.45) is 9.27. The molecule has 7 nitrogen and oxygen atoms in total. The normalized spacial score (nSPS) is 35.4. The first-order valence-electron chi connectivity index (χ1n) is 10.8. The van der Waals surface area contributed by atoms with Gasteiger partial charge in [-0.2, -0.15) is 0 Å². The zero-order valence-electron chi connectivity index (χ0n) is 16.8. The van der Waals surface area contributed by atoms with Gasteiger partial charge in [-0.25, -0.2) is 9.59 Å². The highest BCUT2D eigenvalue weighted by Gasteiger charge is 2.50. The summed E-state index contributed by atoms with van der Waals surface area (Å²) in [6.45, 7) is 2.50. The van der Waals surface area contributed by atoms with Crippen LogP contribution in [0.1, 0.15) is 57.3 Å². The molecule has 1 atom stereocenters. The van der Waals surface area contributed by atoms with E-state index in [2.05, 4.69) is 16.0 Å². The second-order valence-electron chi connectivity index (χ2n) is 9.21. The Morgan fingerprint density at radius 2 is 1.93 bits per heavy atom. The molecule has 0 radical (unpaired) electrons. The number of esters is 1. The van der Waals surface area contributed by atoms with Gasteiger partial charge in [0, 0.05) is 17.8 Å². The van der Waals surface area contributed by atoms with Crippen molar-refractivity contribution in [2.75, 3.05) is 13.2 Å². The van der Waals surface area contributed by atoms with E-state index in [-0.39, 0.29) is 18.2 Å². The zero-order valence-corrected chi connectivity index (χ0v) is 16.8. The van der Waals surface area contributed by atoms with Crippen molar-refractivity contribution in [1.82, 2.24) is 16.0 Å². The Morgan fingerprint density at radius 3 is 2.52 bits per heavy atom. The smallest absolute Gasteiger partial charge is 0.338 e. The molecule has 4 aliphatic carbocycles. The van der Waals surface area contributed by atoms with Crippen LogP contribution in [-0.4, -0.2) is 30.7 Å². The van der Waals surface area contributed by atoms with Crippen molar-refractivity contribution in [3.63, 3.8) is 0 Å². The van der Waals surface area contributed by atoms with Crippen molar-refractivity contribution in [1.29, 1.82) is 0 Å². The van der Waals surface area contributed by atoms with Crippen molar-refractivity contribution < 1.29 is 18.7 Å². The van der Waals surface area contributed by atoms with Crippen LogP contribution in [0.2, 0.25) is 0 Å². The lowest BCUT2D eigenvalue weighted by atomic mass is 9.53. The van der Waals surface area contributed by atoms with E-state index >= 15 is 0 Å². The summed E-state index contributed by atoms with van der Waals surface area (Å²) in [6, 6.07) is 2.53. The number of carbonyl (C=O) groups excluding carboxylic acids is 2. The summed E-state index contributed by atoms with van der Waals surface area (Å²) in [5, 5.41) is 9.43. The van der Waals surface area contributed by atoms with Gasteiger partial charge in [0.2, 0.25) is 0 Å². The van der Waals surface area contributed by atoms with Gasteiger partial charge in [-0.1, -0.05) is 0 Å². The molecule has 3 N–H and O–H groups in total. The van der Waals surface area contributed by atoms with E-state index in [1.807, 2.05) is 0 Å². The molecule has 0 unspecified atom stereocenters. The Hall–Kier alpha value is -2.28. The lowest BCUT2D eigenvalue weighted by Gasteiger charge is -2.57. The average molecular weight is 399 g/mol. The maximum Gasteiger partial charge on any atom is 0.338 e. The van der Waals surface area contributed by atoms with Crippen LogP contribution in [0, 0.1) is 17.8 Å². The molecule has 7 heteroatoms. The van der Waals surface area contributed by atoms with E-state index in [0.717, 1.165) is 17.8 Å². The topological polar surface area (TPSA) is 92.6 Å². The van der Waals surface area contributed by atoms with Gasteiger partial charge in [0.1, 0.15) is 11.8 Å². The summed E-state index contributed by atoms with van der Waals surface area (Å²) in [7, 11) is 0. The lowest BCUT2D eigenvalue weighted by Crippen LogP contribution is -2.59. The number of rotatable bonds is 6. The summed E-state index contributed by atoms with van der Waals surface area (Å²) >= 11 is 0. The Labute approximate surface area is 170 Å². The quantitative estimate of drug-likeness (QED) is 0.640. The maximum atomic E-state index is 12.8. The van der Waals surface area contributed by atoms with E-state index < -0.39 is 12.0 Å². The van der Waals surface area contributed by atoms with Gasteiger partial charge < -0.3 is 25.1 Å². The molecule has 0 saturated heterocycles. The monoisotopic (exact) mass is 399 g/mol. The molecule has 0 aromatic carbocycles. The summed E-state index contributed by atoms with van der Waals surface area (Å²) in [5.74, 6) is 2.57. The molecule has 5 aliphatic rings. The third-order valence-corrected chi connectivity index (χ3v) is 7.16. The van der Waals surface area contributed by atoms with Gasteiger partial charge in [-0.3, -0.25) is 0 Å². The fourth-order valence-corrected chi connectivity index (χ4v) is 6.48. The maximum absolute atomic E-state index is 12.8. The molecule has 2 amide bonds. The van der Waals surface area contributed by atoms with Crippen molar-refractivity contribution in [3.8, 4) is 0 Å². The molecule has 1 aromatic rings. The SMILES string of the molecule is CCOC(=O)C1=C(CNC23CC4CC(CC(C4)C2)C3)NC(=O)N[C@@H]1c1ccco1. The van der Waals surface area contributed by atoms with Gasteiger partial charge in [-0.05, 0) is 75.3 Å². The Bertz CT molecular complexity index is 794. The summed E-state index contributed by atoms with van der Waals surface area (Å²) in [4.78, 5) is 25.2. The number of carbonyl (C=O) groups is 2. The first kappa shape index (κ1) is 18.7. The minimum atomic E-state index is -0.647. The van der Waals surface area contributed by atoms with Crippen LogP contribution >= 0.6 is 0 Å². The number of hydrogen-bond donors (Lipinski definition) is 3. The van der Waals surface area contributed by atoms with E-state index in [9.17, 15) is 9.59 Å². The predicted molar refractivity (Wildman–Crippen MR) is 106 cm³/mol. The van der Waals surface area contributed by atoms with E-state index in [1.54, 1.807) is 25.3 Å². The van der Waals surface area contributed by atoms with Crippen LogP contribution in [0.4, 0.5) is 4.79 Å². The minimum Gasteiger partial charge on any atom is -0.467 e. The highest BCUT2D eigenvalue weighted by Crippen LogP contribution is 2.55. The number of ether oxygens (including phenoxy) is 1. The Morgan fingerprint density at radius 1 is 1.24 bits per heavy atom. The zero-order chi connectivity index (χ0) is 20.0. The molecule has 4 fully saturated rings. The van der Waals surface area contributed by atoms with Gasteiger partial charge in [0.25, 0.3) is 0 Å². The number of hydrogen-bond acceptors (Lipinski definition) is 5. The first-order valence-corrected chi connectivity index (χ1v) is 10.8. The molecule has 1 aromatic heterocycles. The van der Waals surface area contributed by atoms with E-state index in [4.69, 9.17) is 9.15 Å². The fraction of sp³-hybridized carbons (Fsp3) is 0.636. The molecule has 1 aliphatic heterocycles. The third kappa shape index (κ3) is 3.45. The number of urea groups is 1. The van der Waals surface area contributed by atoms with Crippen LogP contribution < -0.4 is 16.0 Å². The molecule has 156 valence electrons. The third-order valence-electron chi connectivity index (χ3n) is 7.16. The van der Waals surface area contributed by atoms with Crippen LogP contribution in [-0.2, 0) is 9.53 Å². The molecular weight excluding hydrogens is 370 g/mol. The highest BCUT2D eigenvalue weighted by atomic mass is 16.5. The first-order chi connectivity index (χ1) is 14.0. The van der Waals surface area contributed by atoms with Crippen molar-refractivity contribution in [2.45, 2.75) is 57.0 Å². The second-order valence-corrected chi connectivity index (χ2v) is 9.21. The molecule has 6 rings (SSSR count). The van der Waals surface area contributed by atoms with Crippen LogP contribution in [0.5, 0.6) is 0 Å². The standard InChI is InChI=1S/C22H29N3O4/c1-2-28-20(26)18-16(24-21(27)25-19(18)17-4-3-5-29-17)12-23-22-9-13-6-14(10-22)8-15(7-13)11-22/h3-5,13-15,19,23H,2,6-12H2,1H3,(H2,24,25,27)/t13?,14?,15?,19-,22?/m1/s1. The van der Waals surface area contributed by atoms with Crippen molar-refractivity contribution in [3.05, 3.63) is 35.4 Å². The van der Waals surface area contributed by atoms with Gasteiger partial charge in [-0.15, -0.1) is 0 Å². The molecule has 4 bridgehead atoms. The van der Waals surface area contributed by atoms with E-state index in [1.165, 1.54) is 38.5 Å². The number of amides is 2. The number of furan rings is 1. The predicted octanol–water partition coefficient (Wildman–Crippen LogP) is 3.01. The largest absolute Gasteiger partial charge is 0.467 e. The molecule has 4 saturated carbocycles. The summed E-state index contributed by atoms with van der Waals surface area (Å²) in [5.41, 5.74) is 1.14. The lowest BCUT2D eigenvalue weighted by molar-refractivity contribution is -0.139. The van der Waals surface area contributed by atoms with Crippen molar-refractivity contribution >= 4 is 12.0 Å². The van der Waals surface area contributed by atoms with E-state index in [0.29, 0.717) is 23.6 Å². The average Bonchev–Trinajstić information content (AvgIpc) is 3.20. The molecular formula is C22H29N3O4. The van der Waals surface area contributed by atoms with Crippen LogP contribution in [0.25, 0.3) is 0 Å². The second kappa shape index (κ2) is 7.20. The summed E-state index contributed by atoms with van der Waals surface area (Å²) < 4.78 is 10.8. The number of nitrogens with one attached hydrogen (secondary N) is 3. The Kier molecular flexibility index (Phi) is 4.65. The highest BCUT2D eigenvalue weighted by molar-refractivity contribution is 5.95. The molecule has 2 heterocycles. The Balaban J connectivity index is 1.42. The molecule has 29 heavy (non-hydrogen) atoms. The van der Waals surface area contributed by atoms with Gasteiger partial charge >= 0.3 is 12.0 Å². The van der Waals surface area contributed by atoms with Crippen LogP contribution in [0.15, 0.2) is 34.1 Å². The molecule has 0 spiro atoms.